The van der Waals surface area contributed by atoms with Crippen LogP contribution in [0, 0.1) is 5.92 Å². The molecule has 1 aromatic rings. The summed E-state index contributed by atoms with van der Waals surface area (Å²) < 4.78 is 5.06. The van der Waals surface area contributed by atoms with Crippen LogP contribution in [0.3, 0.4) is 0 Å². The Kier molecular flexibility index (Phi) is 5.62. The highest BCUT2D eigenvalue weighted by atomic mass is 32.2. The normalized spacial score (nSPS) is 12.1. The second kappa shape index (κ2) is 7.01. The van der Waals surface area contributed by atoms with Crippen LogP contribution in [0.5, 0.6) is 0 Å². The molecule has 1 unspecified atom stereocenters. The van der Waals surface area contributed by atoms with Crippen molar-refractivity contribution in [1.29, 1.82) is 0 Å². The topological polar surface area (TPSA) is 79.5 Å². The third kappa shape index (κ3) is 5.44. The number of aliphatic carboxylic acids is 1. The summed E-state index contributed by atoms with van der Waals surface area (Å²) in [5.74, 6) is -0.000393. The maximum atomic E-state index is 11.4. The molecule has 0 saturated heterocycles. The molecule has 0 saturated carbocycles. The first-order valence-corrected chi connectivity index (χ1v) is 6.34. The number of carboxylic acids is 1. The van der Waals surface area contributed by atoms with Crippen molar-refractivity contribution in [3.63, 3.8) is 0 Å². The Hall–Kier alpha value is -1.43. The van der Waals surface area contributed by atoms with Crippen LogP contribution >= 0.6 is 11.8 Å². The highest BCUT2D eigenvalue weighted by Gasteiger charge is 2.11. The summed E-state index contributed by atoms with van der Waals surface area (Å²) >= 11 is 1.31. The van der Waals surface area contributed by atoms with Gasteiger partial charge in [-0.05, 0) is 12.1 Å². The maximum Gasteiger partial charge on any atom is 0.307 e. The first-order valence-electron chi connectivity index (χ1n) is 5.19. The summed E-state index contributed by atoms with van der Waals surface area (Å²) in [5, 5.41) is 11.3. The highest BCUT2D eigenvalue weighted by molar-refractivity contribution is 7.99. The smallest absolute Gasteiger partial charge is 0.307 e. The maximum absolute atomic E-state index is 11.4. The molecule has 0 radical (unpaired) electrons. The van der Waals surface area contributed by atoms with Crippen molar-refractivity contribution >= 4 is 23.6 Å². The molecule has 0 aromatic carbocycles. The minimum Gasteiger partial charge on any atom is -0.481 e. The van der Waals surface area contributed by atoms with Gasteiger partial charge in [0.15, 0.2) is 0 Å². The zero-order chi connectivity index (χ0) is 12.7. The number of rotatable bonds is 7. The summed E-state index contributed by atoms with van der Waals surface area (Å²) in [7, 11) is 0. The number of thioether (sulfide) groups is 1. The van der Waals surface area contributed by atoms with Gasteiger partial charge in [0.1, 0.15) is 5.76 Å². The SMILES string of the molecule is CC(CSCC(=O)NCc1ccco1)C(=O)O. The van der Waals surface area contributed by atoms with Crippen molar-refractivity contribution < 1.29 is 19.1 Å². The molecule has 0 spiro atoms. The molecule has 1 atom stereocenters. The molecular weight excluding hydrogens is 242 g/mol. The van der Waals surface area contributed by atoms with Gasteiger partial charge >= 0.3 is 5.97 Å². The molecule has 0 bridgehead atoms. The van der Waals surface area contributed by atoms with E-state index in [2.05, 4.69) is 5.32 Å². The molecule has 94 valence electrons. The van der Waals surface area contributed by atoms with E-state index in [9.17, 15) is 9.59 Å². The van der Waals surface area contributed by atoms with Gasteiger partial charge < -0.3 is 14.8 Å². The zero-order valence-electron chi connectivity index (χ0n) is 9.51. The van der Waals surface area contributed by atoms with Gasteiger partial charge in [0.05, 0.1) is 24.5 Å². The summed E-state index contributed by atoms with van der Waals surface area (Å²) in [5.41, 5.74) is 0. The van der Waals surface area contributed by atoms with Crippen LogP contribution in [-0.2, 0) is 16.1 Å². The second-order valence-corrected chi connectivity index (χ2v) is 4.64. The van der Waals surface area contributed by atoms with Gasteiger partial charge in [-0.25, -0.2) is 0 Å². The fourth-order valence-corrected chi connectivity index (χ4v) is 1.95. The van der Waals surface area contributed by atoms with Gasteiger partial charge in [0, 0.05) is 5.75 Å². The number of hydrogen-bond donors (Lipinski definition) is 2. The van der Waals surface area contributed by atoms with Crippen LogP contribution < -0.4 is 5.32 Å². The Morgan fingerprint density at radius 3 is 2.94 bits per heavy atom. The molecule has 1 heterocycles. The Bertz CT molecular complexity index is 364. The summed E-state index contributed by atoms with van der Waals surface area (Å²) in [4.78, 5) is 21.9. The van der Waals surface area contributed by atoms with Crippen LogP contribution in [0.4, 0.5) is 0 Å². The highest BCUT2D eigenvalue weighted by Crippen LogP contribution is 2.08. The van der Waals surface area contributed by atoms with E-state index in [1.165, 1.54) is 11.8 Å². The first-order chi connectivity index (χ1) is 8.09. The van der Waals surface area contributed by atoms with E-state index in [0.29, 0.717) is 18.1 Å². The fourth-order valence-electron chi connectivity index (χ4n) is 1.05. The number of carbonyl (C=O) groups excluding carboxylic acids is 1. The van der Waals surface area contributed by atoms with Crippen LogP contribution in [0.2, 0.25) is 0 Å². The molecule has 0 fully saturated rings. The summed E-state index contributed by atoms with van der Waals surface area (Å²) in [6.07, 6.45) is 1.55. The fraction of sp³-hybridized carbons (Fsp3) is 0.455. The molecule has 5 nitrogen and oxygen atoms in total. The van der Waals surface area contributed by atoms with E-state index in [4.69, 9.17) is 9.52 Å². The van der Waals surface area contributed by atoms with Crippen LogP contribution in [0.1, 0.15) is 12.7 Å². The lowest BCUT2D eigenvalue weighted by Gasteiger charge is -2.06. The Morgan fingerprint density at radius 1 is 1.59 bits per heavy atom. The molecule has 6 heteroatoms. The van der Waals surface area contributed by atoms with Crippen molar-refractivity contribution in [1.82, 2.24) is 5.32 Å². The molecule has 0 aliphatic carbocycles. The minimum atomic E-state index is -0.839. The number of hydrogen-bond acceptors (Lipinski definition) is 4. The number of nitrogens with one attached hydrogen (secondary N) is 1. The van der Waals surface area contributed by atoms with Gasteiger partial charge in [-0.15, -0.1) is 0 Å². The second-order valence-electron chi connectivity index (χ2n) is 3.61. The van der Waals surface area contributed by atoms with E-state index in [1.54, 1.807) is 25.3 Å². The van der Waals surface area contributed by atoms with Gasteiger partial charge in [-0.1, -0.05) is 6.92 Å². The van der Waals surface area contributed by atoms with Crippen LogP contribution in [-0.4, -0.2) is 28.5 Å². The average Bonchev–Trinajstić information content (AvgIpc) is 2.78. The molecule has 0 aliphatic heterocycles. The van der Waals surface area contributed by atoms with E-state index in [1.807, 2.05) is 0 Å². The van der Waals surface area contributed by atoms with E-state index in [-0.39, 0.29) is 11.7 Å². The Balaban J connectivity index is 2.11. The monoisotopic (exact) mass is 257 g/mol. The van der Waals surface area contributed by atoms with E-state index < -0.39 is 11.9 Å². The third-order valence-corrected chi connectivity index (χ3v) is 3.26. The third-order valence-electron chi connectivity index (χ3n) is 2.06. The average molecular weight is 257 g/mol. The van der Waals surface area contributed by atoms with Crippen molar-refractivity contribution in [2.45, 2.75) is 13.5 Å². The van der Waals surface area contributed by atoms with Gasteiger partial charge in [0.25, 0.3) is 0 Å². The lowest BCUT2D eigenvalue weighted by atomic mass is 10.2. The lowest BCUT2D eigenvalue weighted by molar-refractivity contribution is -0.140. The first kappa shape index (κ1) is 13.6. The van der Waals surface area contributed by atoms with Crippen molar-refractivity contribution in [3.8, 4) is 0 Å². The molecule has 0 aliphatic rings. The van der Waals surface area contributed by atoms with E-state index >= 15 is 0 Å². The zero-order valence-corrected chi connectivity index (χ0v) is 10.3. The van der Waals surface area contributed by atoms with E-state index in [0.717, 1.165) is 0 Å². The molecule has 1 aromatic heterocycles. The Morgan fingerprint density at radius 2 is 2.35 bits per heavy atom. The number of carboxylic acid groups (broad SMARTS) is 1. The predicted molar refractivity (Wildman–Crippen MR) is 64.7 cm³/mol. The number of furan rings is 1. The standard InChI is InChI=1S/C11H15NO4S/c1-8(11(14)15)6-17-7-10(13)12-5-9-3-2-4-16-9/h2-4,8H,5-7H2,1H3,(H,12,13)(H,14,15). The largest absolute Gasteiger partial charge is 0.481 e. The van der Waals surface area contributed by atoms with Crippen molar-refractivity contribution in [2.75, 3.05) is 11.5 Å². The van der Waals surface area contributed by atoms with Gasteiger partial charge in [-0.3, -0.25) is 9.59 Å². The molecular formula is C11H15NO4S. The van der Waals surface area contributed by atoms with Crippen LogP contribution in [0.25, 0.3) is 0 Å². The molecule has 1 amide bonds. The lowest BCUT2D eigenvalue weighted by Crippen LogP contribution is -2.25. The predicted octanol–water partition coefficient (Wildman–Crippen LogP) is 1.35. The van der Waals surface area contributed by atoms with Gasteiger partial charge in [0.2, 0.25) is 5.91 Å². The van der Waals surface area contributed by atoms with Crippen molar-refractivity contribution in [2.24, 2.45) is 5.92 Å². The minimum absolute atomic E-state index is 0.121. The molecule has 17 heavy (non-hydrogen) atoms. The number of carbonyl (C=O) groups is 2. The number of amides is 1. The quantitative estimate of drug-likeness (QED) is 0.770. The Labute approximate surface area is 104 Å². The van der Waals surface area contributed by atoms with Gasteiger partial charge in [-0.2, -0.15) is 11.8 Å². The van der Waals surface area contributed by atoms with Crippen molar-refractivity contribution in [3.05, 3.63) is 24.2 Å². The van der Waals surface area contributed by atoms with Crippen LogP contribution in [0.15, 0.2) is 22.8 Å². The molecule has 2 N–H and O–H groups in total. The summed E-state index contributed by atoms with van der Waals surface area (Å²) in [6.45, 7) is 1.98. The molecule has 1 rings (SSSR count). The summed E-state index contributed by atoms with van der Waals surface area (Å²) in [6, 6.07) is 3.53.